The second-order valence-electron chi connectivity index (χ2n) is 6.09. The van der Waals surface area contributed by atoms with Gasteiger partial charge in [0.25, 0.3) is 5.91 Å². The molecule has 0 heterocycles. The smallest absolute Gasteiger partial charge is 0.257 e. The molecule has 3 nitrogen and oxygen atoms in total. The first-order valence-corrected chi connectivity index (χ1v) is 9.89. The molecule has 0 atom stereocenters. The molecule has 4 heteroatoms. The number of thioether (sulfide) groups is 1. The SMILES string of the molecule is Cc1ccccc1CSCCNC(=O)COc1cccc2ccccc12. The maximum absolute atomic E-state index is 12.0. The number of amides is 1. The zero-order valence-corrected chi connectivity index (χ0v) is 15.7. The molecule has 0 fully saturated rings. The first kappa shape index (κ1) is 18.3. The Labute approximate surface area is 158 Å². The van der Waals surface area contributed by atoms with Crippen molar-refractivity contribution < 1.29 is 9.53 Å². The Morgan fingerprint density at radius 2 is 1.77 bits per heavy atom. The van der Waals surface area contributed by atoms with Crippen molar-refractivity contribution in [3.05, 3.63) is 77.9 Å². The van der Waals surface area contributed by atoms with Gasteiger partial charge in [-0.05, 0) is 29.5 Å². The lowest BCUT2D eigenvalue weighted by Crippen LogP contribution is -2.30. The zero-order chi connectivity index (χ0) is 18.2. The fraction of sp³-hybridized carbons (Fsp3) is 0.227. The molecule has 0 aliphatic rings. The second-order valence-corrected chi connectivity index (χ2v) is 7.20. The minimum Gasteiger partial charge on any atom is -0.483 e. The molecule has 1 N–H and O–H groups in total. The number of fused-ring (bicyclic) bond motifs is 1. The molecule has 1 amide bonds. The minimum absolute atomic E-state index is 0.0382. The summed E-state index contributed by atoms with van der Waals surface area (Å²) in [6.07, 6.45) is 0. The molecular weight excluding hydrogens is 342 g/mol. The molecule has 0 aliphatic carbocycles. The van der Waals surface area contributed by atoms with E-state index in [4.69, 9.17) is 4.74 Å². The van der Waals surface area contributed by atoms with Crippen LogP contribution in [0.5, 0.6) is 5.75 Å². The zero-order valence-electron chi connectivity index (χ0n) is 14.9. The summed E-state index contributed by atoms with van der Waals surface area (Å²) in [5.74, 6) is 2.50. The number of benzene rings is 3. The lowest BCUT2D eigenvalue weighted by atomic mass is 10.1. The molecule has 134 valence electrons. The van der Waals surface area contributed by atoms with Crippen LogP contribution in [-0.2, 0) is 10.5 Å². The van der Waals surface area contributed by atoms with E-state index in [2.05, 4.69) is 36.5 Å². The van der Waals surface area contributed by atoms with Crippen LogP contribution in [0.3, 0.4) is 0 Å². The molecule has 0 saturated carbocycles. The highest BCUT2D eigenvalue weighted by Crippen LogP contribution is 2.24. The van der Waals surface area contributed by atoms with E-state index >= 15 is 0 Å². The minimum atomic E-state index is -0.0885. The second kappa shape index (κ2) is 9.30. The Bertz CT molecular complexity index is 873. The molecule has 0 unspecified atom stereocenters. The number of hydrogen-bond donors (Lipinski definition) is 1. The monoisotopic (exact) mass is 365 g/mol. The van der Waals surface area contributed by atoms with Gasteiger partial charge in [-0.25, -0.2) is 0 Å². The molecule has 0 bridgehead atoms. The number of carbonyl (C=O) groups is 1. The molecule has 0 spiro atoms. The molecule has 0 radical (unpaired) electrons. The topological polar surface area (TPSA) is 38.3 Å². The van der Waals surface area contributed by atoms with E-state index in [1.165, 1.54) is 11.1 Å². The van der Waals surface area contributed by atoms with Crippen LogP contribution in [0, 0.1) is 6.92 Å². The Morgan fingerprint density at radius 3 is 2.65 bits per heavy atom. The Hall–Kier alpha value is -2.46. The quantitative estimate of drug-likeness (QED) is 0.594. The summed E-state index contributed by atoms with van der Waals surface area (Å²) in [4.78, 5) is 12.0. The van der Waals surface area contributed by atoms with E-state index in [0.29, 0.717) is 6.54 Å². The number of carbonyl (C=O) groups excluding carboxylic acids is 1. The first-order valence-electron chi connectivity index (χ1n) is 8.73. The van der Waals surface area contributed by atoms with Crippen molar-refractivity contribution in [3.8, 4) is 5.75 Å². The van der Waals surface area contributed by atoms with E-state index in [1.54, 1.807) is 0 Å². The molecule has 0 aromatic heterocycles. The third-order valence-corrected chi connectivity index (χ3v) is 5.20. The van der Waals surface area contributed by atoms with Gasteiger partial charge in [-0.2, -0.15) is 11.8 Å². The van der Waals surface area contributed by atoms with Gasteiger partial charge in [0.1, 0.15) is 5.75 Å². The predicted octanol–water partition coefficient (Wildman–Crippen LogP) is 4.58. The largest absolute Gasteiger partial charge is 0.483 e. The maximum atomic E-state index is 12.0. The lowest BCUT2D eigenvalue weighted by Gasteiger charge is -2.10. The standard InChI is InChI=1S/C22H23NO2S/c1-17-7-2-3-9-19(17)16-26-14-13-23-22(24)15-25-21-12-6-10-18-8-4-5-11-20(18)21/h2-12H,13-16H2,1H3,(H,23,24). The average molecular weight is 365 g/mol. The van der Waals surface area contributed by atoms with E-state index < -0.39 is 0 Å². The molecule has 3 aromatic carbocycles. The van der Waals surface area contributed by atoms with Crippen LogP contribution in [0.1, 0.15) is 11.1 Å². The van der Waals surface area contributed by atoms with Crippen LogP contribution in [0.4, 0.5) is 0 Å². The van der Waals surface area contributed by atoms with Crippen LogP contribution >= 0.6 is 11.8 Å². The summed E-state index contributed by atoms with van der Waals surface area (Å²) in [5.41, 5.74) is 2.66. The summed E-state index contributed by atoms with van der Waals surface area (Å²) in [7, 11) is 0. The molecule has 0 saturated heterocycles. The summed E-state index contributed by atoms with van der Waals surface area (Å²) in [5, 5.41) is 5.05. The number of nitrogens with one attached hydrogen (secondary N) is 1. The van der Waals surface area contributed by atoms with Crippen molar-refractivity contribution in [1.29, 1.82) is 0 Å². The van der Waals surface area contributed by atoms with Gasteiger partial charge in [-0.15, -0.1) is 0 Å². The van der Waals surface area contributed by atoms with Crippen molar-refractivity contribution in [2.24, 2.45) is 0 Å². The molecule has 26 heavy (non-hydrogen) atoms. The van der Waals surface area contributed by atoms with Gasteiger partial charge < -0.3 is 10.1 Å². The van der Waals surface area contributed by atoms with Gasteiger partial charge in [0.2, 0.25) is 0 Å². The van der Waals surface area contributed by atoms with E-state index in [-0.39, 0.29) is 12.5 Å². The number of aryl methyl sites for hydroxylation is 1. The summed E-state index contributed by atoms with van der Waals surface area (Å²) in [6, 6.07) is 22.3. The molecular formula is C22H23NO2S. The van der Waals surface area contributed by atoms with Crippen LogP contribution in [0.25, 0.3) is 10.8 Å². The Morgan fingerprint density at radius 1 is 1.00 bits per heavy atom. The molecule has 0 aliphatic heterocycles. The van der Waals surface area contributed by atoms with Gasteiger partial charge in [0.05, 0.1) is 0 Å². The number of hydrogen-bond acceptors (Lipinski definition) is 3. The van der Waals surface area contributed by atoms with Gasteiger partial charge in [-0.1, -0.05) is 60.7 Å². The van der Waals surface area contributed by atoms with E-state index in [0.717, 1.165) is 28.0 Å². The van der Waals surface area contributed by atoms with Crippen LogP contribution in [0.2, 0.25) is 0 Å². The number of rotatable bonds is 8. The molecule has 3 aromatic rings. The van der Waals surface area contributed by atoms with Gasteiger partial charge in [-0.3, -0.25) is 4.79 Å². The highest BCUT2D eigenvalue weighted by atomic mass is 32.2. The maximum Gasteiger partial charge on any atom is 0.257 e. The van der Waals surface area contributed by atoms with Gasteiger partial charge in [0.15, 0.2) is 6.61 Å². The summed E-state index contributed by atoms with van der Waals surface area (Å²) in [6.45, 7) is 2.81. The predicted molar refractivity (Wildman–Crippen MR) is 110 cm³/mol. The summed E-state index contributed by atoms with van der Waals surface area (Å²) < 4.78 is 5.70. The third-order valence-electron chi connectivity index (χ3n) is 4.20. The van der Waals surface area contributed by atoms with Crippen molar-refractivity contribution in [1.82, 2.24) is 5.32 Å². The Balaban J connectivity index is 1.38. The normalized spacial score (nSPS) is 10.7. The Kier molecular flexibility index (Phi) is 6.56. The van der Waals surface area contributed by atoms with Gasteiger partial charge >= 0.3 is 0 Å². The highest BCUT2D eigenvalue weighted by molar-refractivity contribution is 7.98. The lowest BCUT2D eigenvalue weighted by molar-refractivity contribution is -0.122. The fourth-order valence-corrected chi connectivity index (χ4v) is 3.67. The van der Waals surface area contributed by atoms with Gasteiger partial charge in [0, 0.05) is 23.4 Å². The third kappa shape index (κ3) is 5.02. The average Bonchev–Trinajstić information content (AvgIpc) is 2.67. The van der Waals surface area contributed by atoms with Crippen molar-refractivity contribution in [2.45, 2.75) is 12.7 Å². The van der Waals surface area contributed by atoms with Crippen LogP contribution in [-0.4, -0.2) is 24.8 Å². The molecule has 3 rings (SSSR count). The fourth-order valence-electron chi connectivity index (χ4n) is 2.73. The summed E-state index contributed by atoms with van der Waals surface area (Å²) >= 11 is 1.82. The first-order chi connectivity index (χ1) is 12.7. The number of ether oxygens (including phenoxy) is 1. The van der Waals surface area contributed by atoms with Crippen LogP contribution in [0.15, 0.2) is 66.7 Å². The van der Waals surface area contributed by atoms with E-state index in [9.17, 15) is 4.79 Å². The van der Waals surface area contributed by atoms with Crippen molar-refractivity contribution >= 4 is 28.4 Å². The highest BCUT2D eigenvalue weighted by Gasteiger charge is 2.05. The van der Waals surface area contributed by atoms with E-state index in [1.807, 2.05) is 54.2 Å². The van der Waals surface area contributed by atoms with Crippen molar-refractivity contribution in [2.75, 3.05) is 18.9 Å². The van der Waals surface area contributed by atoms with Crippen molar-refractivity contribution in [3.63, 3.8) is 0 Å². The van der Waals surface area contributed by atoms with Crippen LogP contribution < -0.4 is 10.1 Å².